The summed E-state index contributed by atoms with van der Waals surface area (Å²) in [6.45, 7) is 0. The Kier molecular flexibility index (Phi) is 4.18. The molecule has 0 heterocycles. The fourth-order valence-electron chi connectivity index (χ4n) is 2.18. The van der Waals surface area contributed by atoms with Gasteiger partial charge in [-0.15, -0.1) is 0 Å². The van der Waals surface area contributed by atoms with Gasteiger partial charge in [0.2, 0.25) is 0 Å². The minimum absolute atomic E-state index is 0.0826. The van der Waals surface area contributed by atoms with E-state index >= 15 is 0 Å². The number of aliphatic hydroxyl groups is 3. The predicted molar refractivity (Wildman–Crippen MR) is 74.1 cm³/mol. The molecule has 0 aromatic heterocycles. The lowest BCUT2D eigenvalue weighted by molar-refractivity contribution is -0.117. The zero-order valence-corrected chi connectivity index (χ0v) is 11.2. The number of carbonyl (C=O) groups excluding carboxylic acids is 1. The van der Waals surface area contributed by atoms with Crippen molar-refractivity contribution in [1.82, 2.24) is 0 Å². The molecular formula is C15H16O6. The molecule has 0 radical (unpaired) electrons. The maximum Gasteiger partial charge on any atom is 0.172 e. The smallest absolute Gasteiger partial charge is 0.172 e. The van der Waals surface area contributed by atoms with Gasteiger partial charge in [0, 0.05) is 12.8 Å². The van der Waals surface area contributed by atoms with Crippen LogP contribution in [0.1, 0.15) is 18.4 Å². The summed E-state index contributed by atoms with van der Waals surface area (Å²) in [4.78, 5) is 11.7. The van der Waals surface area contributed by atoms with E-state index in [9.17, 15) is 30.3 Å². The predicted octanol–water partition coefficient (Wildman–Crippen LogP) is 1.62. The molecular weight excluding hydrogens is 276 g/mol. The van der Waals surface area contributed by atoms with Crippen LogP contribution in [0.3, 0.4) is 0 Å². The largest absolute Gasteiger partial charge is 0.511 e. The van der Waals surface area contributed by atoms with Gasteiger partial charge in [-0.3, -0.25) is 4.79 Å². The Labute approximate surface area is 120 Å². The number of phenolic OH excluding ortho intramolecular Hbond substituents is 2. The van der Waals surface area contributed by atoms with E-state index in [0.717, 1.165) is 6.08 Å². The second-order valence-electron chi connectivity index (χ2n) is 4.89. The Balaban J connectivity index is 2.15. The van der Waals surface area contributed by atoms with E-state index in [4.69, 9.17) is 0 Å². The van der Waals surface area contributed by atoms with Crippen molar-refractivity contribution in [3.63, 3.8) is 0 Å². The maximum atomic E-state index is 11.7. The Morgan fingerprint density at radius 3 is 2.52 bits per heavy atom. The van der Waals surface area contributed by atoms with Crippen molar-refractivity contribution in [3.8, 4) is 11.5 Å². The molecule has 21 heavy (non-hydrogen) atoms. The zero-order valence-electron chi connectivity index (χ0n) is 11.2. The van der Waals surface area contributed by atoms with Crippen LogP contribution in [0.5, 0.6) is 11.5 Å². The normalized spacial score (nSPS) is 21.1. The summed E-state index contributed by atoms with van der Waals surface area (Å²) in [5.41, 5.74) is 0.479. The molecule has 1 atom stereocenters. The quantitative estimate of drug-likeness (QED) is 0.328. The first-order valence-electron chi connectivity index (χ1n) is 6.44. The highest BCUT2D eigenvalue weighted by Crippen LogP contribution is 2.27. The molecule has 1 aliphatic rings. The number of phenols is 2. The van der Waals surface area contributed by atoms with E-state index in [0.29, 0.717) is 12.0 Å². The lowest BCUT2D eigenvalue weighted by Gasteiger charge is -2.17. The van der Waals surface area contributed by atoms with Crippen molar-refractivity contribution >= 4 is 5.78 Å². The highest BCUT2D eigenvalue weighted by Gasteiger charge is 2.26. The van der Waals surface area contributed by atoms with Crippen LogP contribution < -0.4 is 0 Å². The van der Waals surface area contributed by atoms with E-state index in [1.54, 1.807) is 6.07 Å². The summed E-state index contributed by atoms with van der Waals surface area (Å²) in [7, 11) is 0. The van der Waals surface area contributed by atoms with Crippen molar-refractivity contribution < 1.29 is 30.3 Å². The average molecular weight is 292 g/mol. The lowest BCUT2D eigenvalue weighted by atomic mass is 9.94. The number of aryl methyl sites for hydroxylation is 1. The Morgan fingerprint density at radius 2 is 1.90 bits per heavy atom. The van der Waals surface area contributed by atoms with Gasteiger partial charge in [0.05, 0.1) is 11.7 Å². The van der Waals surface area contributed by atoms with E-state index < -0.39 is 17.6 Å². The van der Waals surface area contributed by atoms with Crippen molar-refractivity contribution in [1.29, 1.82) is 0 Å². The third-order valence-corrected chi connectivity index (χ3v) is 3.26. The molecule has 0 aliphatic heterocycles. The topological polar surface area (TPSA) is 118 Å². The zero-order chi connectivity index (χ0) is 15.6. The number of Topliss-reactive ketones (excluding diaryl/α,β-unsaturated/α-hetero) is 1. The van der Waals surface area contributed by atoms with Gasteiger partial charge in [0.15, 0.2) is 17.3 Å². The molecule has 0 amide bonds. The molecule has 112 valence electrons. The first-order valence-corrected chi connectivity index (χ1v) is 6.44. The van der Waals surface area contributed by atoms with Gasteiger partial charge in [0.25, 0.3) is 0 Å². The van der Waals surface area contributed by atoms with Gasteiger partial charge in [0.1, 0.15) is 11.5 Å². The van der Waals surface area contributed by atoms with Gasteiger partial charge in [-0.2, -0.15) is 0 Å². The van der Waals surface area contributed by atoms with Crippen LogP contribution in [-0.2, 0) is 11.2 Å². The summed E-state index contributed by atoms with van der Waals surface area (Å²) in [6.07, 6.45) is 0.289. The highest BCUT2D eigenvalue weighted by molar-refractivity contribution is 6.00. The molecule has 2 rings (SSSR count). The Bertz CT molecular complexity index is 629. The van der Waals surface area contributed by atoms with Crippen LogP contribution in [0.15, 0.2) is 41.4 Å². The minimum atomic E-state index is -1.04. The second kappa shape index (κ2) is 5.88. The van der Waals surface area contributed by atoms with Crippen LogP contribution in [0.4, 0.5) is 0 Å². The number of carbonyl (C=O) groups is 1. The minimum Gasteiger partial charge on any atom is -0.511 e. The number of benzene rings is 1. The van der Waals surface area contributed by atoms with Gasteiger partial charge in [-0.05, 0) is 30.2 Å². The van der Waals surface area contributed by atoms with Crippen LogP contribution in [-0.4, -0.2) is 37.4 Å². The summed E-state index contributed by atoms with van der Waals surface area (Å²) in [5, 5.41) is 47.5. The first-order chi connectivity index (χ1) is 9.88. The van der Waals surface area contributed by atoms with Crippen LogP contribution >= 0.6 is 0 Å². The molecule has 5 N–H and O–H groups in total. The third-order valence-electron chi connectivity index (χ3n) is 3.26. The summed E-state index contributed by atoms with van der Waals surface area (Å²) in [6, 6.07) is 4.26. The van der Waals surface area contributed by atoms with E-state index in [-0.39, 0.29) is 35.7 Å². The Hall–Kier alpha value is -2.47. The molecule has 0 fully saturated rings. The second-order valence-corrected chi connectivity index (χ2v) is 4.89. The molecule has 6 heteroatoms. The van der Waals surface area contributed by atoms with Crippen molar-refractivity contribution in [2.75, 3.05) is 0 Å². The summed E-state index contributed by atoms with van der Waals surface area (Å²) in [5.74, 6) is -1.72. The number of rotatable bonds is 3. The number of aromatic hydroxyl groups is 2. The molecule has 1 aliphatic carbocycles. The van der Waals surface area contributed by atoms with Crippen LogP contribution in [0, 0.1) is 0 Å². The maximum absolute atomic E-state index is 11.7. The van der Waals surface area contributed by atoms with Crippen molar-refractivity contribution in [2.24, 2.45) is 0 Å². The number of hydrogen-bond acceptors (Lipinski definition) is 6. The van der Waals surface area contributed by atoms with Gasteiger partial charge >= 0.3 is 0 Å². The number of aliphatic hydroxyl groups excluding tert-OH is 3. The highest BCUT2D eigenvalue weighted by atomic mass is 16.3. The fraction of sp³-hybridized carbons (Fsp3) is 0.267. The molecule has 0 saturated carbocycles. The van der Waals surface area contributed by atoms with Crippen molar-refractivity contribution in [2.45, 2.75) is 25.4 Å². The monoisotopic (exact) mass is 292 g/mol. The first kappa shape index (κ1) is 14.9. The average Bonchev–Trinajstić information content (AvgIpc) is 2.39. The SMILES string of the molecule is O=C1CC(O)C=C(O)C1=C(O)CCc1ccc(O)c(O)c1. The van der Waals surface area contributed by atoms with E-state index in [1.165, 1.54) is 12.1 Å². The molecule has 0 spiro atoms. The molecule has 0 saturated heterocycles. The van der Waals surface area contributed by atoms with Crippen LogP contribution in [0.25, 0.3) is 0 Å². The molecule has 1 aromatic carbocycles. The summed E-state index contributed by atoms with van der Waals surface area (Å²) >= 11 is 0. The van der Waals surface area contributed by atoms with Gasteiger partial charge < -0.3 is 25.5 Å². The number of ketones is 1. The van der Waals surface area contributed by atoms with Crippen molar-refractivity contribution in [3.05, 3.63) is 46.9 Å². The van der Waals surface area contributed by atoms with Crippen LogP contribution in [0.2, 0.25) is 0 Å². The summed E-state index contributed by atoms with van der Waals surface area (Å²) < 4.78 is 0. The molecule has 0 bridgehead atoms. The lowest BCUT2D eigenvalue weighted by Crippen LogP contribution is -2.22. The van der Waals surface area contributed by atoms with Gasteiger partial charge in [-0.1, -0.05) is 6.07 Å². The molecule has 1 unspecified atom stereocenters. The van der Waals surface area contributed by atoms with E-state index in [2.05, 4.69) is 0 Å². The fourth-order valence-corrected chi connectivity index (χ4v) is 2.18. The molecule has 1 aromatic rings. The standard InChI is InChI=1S/C15H16O6/c16-9-6-13(20)15(14(21)7-9)11(18)4-2-8-1-3-10(17)12(19)5-8/h1,3,5-6,9,16-20H,2,4,7H2. The van der Waals surface area contributed by atoms with E-state index in [1.807, 2.05) is 0 Å². The van der Waals surface area contributed by atoms with Gasteiger partial charge in [-0.25, -0.2) is 0 Å². The number of hydrogen-bond donors (Lipinski definition) is 5. The Morgan fingerprint density at radius 1 is 1.19 bits per heavy atom. The molecule has 6 nitrogen and oxygen atoms in total. The number of allylic oxidation sites excluding steroid dienone is 2. The third kappa shape index (κ3) is 3.35.